The monoisotopic (exact) mass is 402 g/mol. The molecule has 1 aromatic rings. The lowest BCUT2D eigenvalue weighted by Gasteiger charge is -2.14. The summed E-state index contributed by atoms with van der Waals surface area (Å²) < 4.78 is 12.1. The summed E-state index contributed by atoms with van der Waals surface area (Å²) in [6.45, 7) is 3.98. The van der Waals surface area contributed by atoms with Crippen LogP contribution in [0.2, 0.25) is 0 Å². The maximum atomic E-state index is 12.5. The van der Waals surface area contributed by atoms with Crippen LogP contribution in [-0.4, -0.2) is 59.9 Å². The van der Waals surface area contributed by atoms with Crippen molar-refractivity contribution >= 4 is 23.6 Å². The molecule has 0 unspecified atom stereocenters. The normalized spacial score (nSPS) is 20.9. The number of allylic oxidation sites excluding steroid dienone is 2. The Labute approximate surface area is 169 Å². The molecule has 0 radical (unpaired) electrons. The molecule has 3 rings (SSSR count). The number of nitrogens with zero attached hydrogens (tertiary/aromatic N) is 2. The fourth-order valence-electron chi connectivity index (χ4n) is 4.03. The summed E-state index contributed by atoms with van der Waals surface area (Å²) in [5.74, 6) is -2.55. The third-order valence-electron chi connectivity index (χ3n) is 5.64. The number of methoxy groups -OCH3 is 1. The average Bonchev–Trinajstić information content (AvgIpc) is 3.13. The van der Waals surface area contributed by atoms with Crippen molar-refractivity contribution < 1.29 is 28.7 Å². The first-order chi connectivity index (χ1) is 13.8. The largest absolute Gasteiger partial charge is 0.456 e. The number of amides is 2. The molecule has 0 N–H and O–H groups in total. The van der Waals surface area contributed by atoms with E-state index in [1.165, 1.54) is 0 Å². The number of hydrogen-bond acceptors (Lipinski definition) is 6. The number of ketones is 1. The van der Waals surface area contributed by atoms with Gasteiger partial charge < -0.3 is 14.0 Å². The number of fused-ring (bicyclic) bond motifs is 1. The molecule has 2 heterocycles. The molecule has 1 aliphatic carbocycles. The predicted molar refractivity (Wildman–Crippen MR) is 103 cm³/mol. The van der Waals surface area contributed by atoms with Crippen LogP contribution in [0, 0.1) is 25.7 Å². The van der Waals surface area contributed by atoms with Crippen molar-refractivity contribution in [2.45, 2.75) is 33.2 Å². The van der Waals surface area contributed by atoms with E-state index in [1.807, 2.05) is 30.6 Å². The molecule has 0 saturated carbocycles. The van der Waals surface area contributed by atoms with Gasteiger partial charge in [0.15, 0.2) is 6.61 Å². The van der Waals surface area contributed by atoms with Crippen LogP contribution in [0.5, 0.6) is 0 Å². The fraction of sp³-hybridized carbons (Fsp3) is 0.524. The van der Waals surface area contributed by atoms with Gasteiger partial charge in [-0.15, -0.1) is 0 Å². The molecule has 1 aliphatic heterocycles. The van der Waals surface area contributed by atoms with E-state index >= 15 is 0 Å². The molecule has 1 fully saturated rings. The number of Topliss-reactive ketones (excluding diaryl/α,β-unsaturated/α-hetero) is 1. The Balaban J connectivity index is 1.57. The predicted octanol–water partition coefficient (Wildman–Crippen LogP) is 1.43. The number of likely N-dealkylation sites (tertiary alicyclic amines) is 1. The van der Waals surface area contributed by atoms with Gasteiger partial charge in [-0.2, -0.15) is 0 Å². The molecule has 156 valence electrons. The van der Waals surface area contributed by atoms with E-state index < -0.39 is 19.1 Å². The van der Waals surface area contributed by atoms with Crippen LogP contribution in [-0.2, 0) is 30.4 Å². The molecular formula is C21H26N2O6. The number of aryl methyl sites for hydroxylation is 1. The van der Waals surface area contributed by atoms with Crippen molar-refractivity contribution in [3.05, 3.63) is 35.2 Å². The zero-order chi connectivity index (χ0) is 21.1. The maximum absolute atomic E-state index is 12.5. The van der Waals surface area contributed by atoms with Gasteiger partial charge in [-0.05, 0) is 32.8 Å². The van der Waals surface area contributed by atoms with Gasteiger partial charge >= 0.3 is 5.97 Å². The quantitative estimate of drug-likeness (QED) is 0.283. The van der Waals surface area contributed by atoms with Crippen LogP contribution in [0.25, 0.3) is 0 Å². The van der Waals surface area contributed by atoms with E-state index in [0.29, 0.717) is 31.6 Å². The van der Waals surface area contributed by atoms with E-state index in [1.54, 1.807) is 13.2 Å². The Kier molecular flexibility index (Phi) is 6.32. The van der Waals surface area contributed by atoms with Crippen LogP contribution in [0.4, 0.5) is 0 Å². The zero-order valence-electron chi connectivity index (χ0n) is 17.0. The molecule has 2 atom stereocenters. The van der Waals surface area contributed by atoms with Crippen molar-refractivity contribution in [2.75, 3.05) is 26.9 Å². The minimum atomic E-state index is -0.764. The summed E-state index contributed by atoms with van der Waals surface area (Å²) in [5, 5.41) is 0. The first kappa shape index (κ1) is 21.0. The fourth-order valence-corrected chi connectivity index (χ4v) is 4.03. The Morgan fingerprint density at radius 1 is 1.10 bits per heavy atom. The summed E-state index contributed by atoms with van der Waals surface area (Å²) in [7, 11) is 1.61. The van der Waals surface area contributed by atoms with Gasteiger partial charge in [0.1, 0.15) is 6.54 Å². The second-order valence-corrected chi connectivity index (χ2v) is 7.43. The summed E-state index contributed by atoms with van der Waals surface area (Å²) in [6, 6.07) is 1.76. The van der Waals surface area contributed by atoms with Crippen LogP contribution in [0.15, 0.2) is 18.2 Å². The molecule has 2 amide bonds. The van der Waals surface area contributed by atoms with Gasteiger partial charge in [0.05, 0.1) is 18.4 Å². The highest BCUT2D eigenvalue weighted by Crippen LogP contribution is 2.34. The Hall–Kier alpha value is -2.74. The second kappa shape index (κ2) is 8.73. The van der Waals surface area contributed by atoms with Gasteiger partial charge in [-0.25, -0.2) is 0 Å². The number of aromatic nitrogens is 1. The van der Waals surface area contributed by atoms with Crippen molar-refractivity contribution in [1.29, 1.82) is 0 Å². The van der Waals surface area contributed by atoms with Gasteiger partial charge in [-0.3, -0.25) is 24.1 Å². The number of esters is 1. The topological polar surface area (TPSA) is 94.9 Å². The average molecular weight is 402 g/mol. The molecule has 29 heavy (non-hydrogen) atoms. The molecular weight excluding hydrogens is 376 g/mol. The Morgan fingerprint density at radius 2 is 1.72 bits per heavy atom. The highest BCUT2D eigenvalue weighted by molar-refractivity contribution is 6.07. The van der Waals surface area contributed by atoms with Gasteiger partial charge in [0.2, 0.25) is 17.6 Å². The summed E-state index contributed by atoms with van der Waals surface area (Å²) in [6.07, 6.45) is 4.79. The lowest BCUT2D eigenvalue weighted by atomic mass is 9.85. The third-order valence-corrected chi connectivity index (χ3v) is 5.64. The van der Waals surface area contributed by atoms with Gasteiger partial charge in [0.25, 0.3) is 0 Å². The first-order valence-corrected chi connectivity index (χ1v) is 9.69. The van der Waals surface area contributed by atoms with Crippen molar-refractivity contribution in [1.82, 2.24) is 9.47 Å². The molecule has 1 saturated heterocycles. The molecule has 0 aromatic carbocycles. The van der Waals surface area contributed by atoms with Gasteiger partial charge in [-0.1, -0.05) is 12.2 Å². The Morgan fingerprint density at radius 3 is 2.31 bits per heavy atom. The van der Waals surface area contributed by atoms with Crippen LogP contribution < -0.4 is 0 Å². The van der Waals surface area contributed by atoms with Gasteiger partial charge in [0, 0.05) is 30.6 Å². The molecule has 8 heteroatoms. The lowest BCUT2D eigenvalue weighted by Crippen LogP contribution is -2.37. The lowest BCUT2D eigenvalue weighted by molar-refractivity contribution is -0.152. The summed E-state index contributed by atoms with van der Waals surface area (Å²) >= 11 is 0. The van der Waals surface area contributed by atoms with E-state index in [4.69, 9.17) is 9.47 Å². The number of hydrogen-bond donors (Lipinski definition) is 0. The number of carbonyl (C=O) groups excluding carboxylic acids is 4. The number of rotatable bonds is 8. The minimum Gasteiger partial charge on any atom is -0.456 e. The molecule has 8 nitrogen and oxygen atoms in total. The van der Waals surface area contributed by atoms with E-state index in [0.717, 1.165) is 16.3 Å². The maximum Gasteiger partial charge on any atom is 0.326 e. The van der Waals surface area contributed by atoms with Crippen molar-refractivity contribution in [2.24, 2.45) is 11.8 Å². The number of imide groups is 1. The first-order valence-electron chi connectivity index (χ1n) is 9.69. The van der Waals surface area contributed by atoms with E-state index in [2.05, 4.69) is 0 Å². The van der Waals surface area contributed by atoms with Crippen molar-refractivity contribution in [3.8, 4) is 0 Å². The third kappa shape index (κ3) is 4.17. The zero-order valence-corrected chi connectivity index (χ0v) is 17.0. The van der Waals surface area contributed by atoms with Crippen LogP contribution in [0.1, 0.15) is 34.6 Å². The van der Waals surface area contributed by atoms with Crippen LogP contribution >= 0.6 is 0 Å². The summed E-state index contributed by atoms with van der Waals surface area (Å²) in [5.41, 5.74) is 2.18. The Bertz CT molecular complexity index is 843. The molecule has 0 spiro atoms. The van der Waals surface area contributed by atoms with E-state index in [9.17, 15) is 19.2 Å². The highest BCUT2D eigenvalue weighted by atomic mass is 16.5. The minimum absolute atomic E-state index is 0.327. The standard InChI is InChI=1S/C21H26N2O6/c1-13-10-17(14(2)22(13)8-9-28-3)18(24)12-29-19(25)11-23-20(26)15-6-4-5-7-16(15)21(23)27/h4-5,10,15-16H,6-9,11-12H2,1-3H3/t15-,16+. The molecule has 1 aromatic heterocycles. The second-order valence-electron chi connectivity index (χ2n) is 7.43. The number of ether oxygens (including phenoxy) is 2. The molecule has 2 aliphatic rings. The van der Waals surface area contributed by atoms with E-state index in [-0.39, 0.29) is 29.4 Å². The van der Waals surface area contributed by atoms with Crippen molar-refractivity contribution in [3.63, 3.8) is 0 Å². The molecule has 0 bridgehead atoms. The summed E-state index contributed by atoms with van der Waals surface area (Å²) in [4.78, 5) is 50.4. The van der Waals surface area contributed by atoms with Crippen LogP contribution in [0.3, 0.4) is 0 Å². The number of carbonyl (C=O) groups is 4. The smallest absolute Gasteiger partial charge is 0.326 e. The SMILES string of the molecule is COCCn1c(C)cc(C(=O)COC(=O)CN2C(=O)[C@H]3CC=CC[C@H]3C2=O)c1C. The highest BCUT2D eigenvalue weighted by Gasteiger charge is 2.47.